The molecule has 0 fully saturated rings. The zero-order valence-electron chi connectivity index (χ0n) is 10.2. The van der Waals surface area contributed by atoms with E-state index in [0.29, 0.717) is 17.1 Å². The van der Waals surface area contributed by atoms with Crippen LogP contribution in [0, 0.1) is 17.2 Å². The van der Waals surface area contributed by atoms with Crippen LogP contribution in [-0.2, 0) is 0 Å². The van der Waals surface area contributed by atoms with E-state index >= 15 is 0 Å². The molecule has 0 bridgehead atoms. The topological polar surface area (TPSA) is 59.3 Å². The van der Waals surface area contributed by atoms with E-state index in [1.807, 2.05) is 6.07 Å². The Kier molecular flexibility index (Phi) is 4.53. The van der Waals surface area contributed by atoms with Crippen LogP contribution in [0.5, 0.6) is 11.5 Å². The molecule has 0 aromatic heterocycles. The lowest BCUT2D eigenvalue weighted by molar-refractivity contribution is 0.0972. The summed E-state index contributed by atoms with van der Waals surface area (Å²) in [6, 6.07) is 7.03. The van der Waals surface area contributed by atoms with Gasteiger partial charge in [-0.2, -0.15) is 5.26 Å². The number of carbonyl (C=O) groups excluding carboxylic acids is 1. The van der Waals surface area contributed by atoms with E-state index in [9.17, 15) is 4.79 Å². The van der Waals surface area contributed by atoms with E-state index in [4.69, 9.17) is 14.7 Å². The Balaban J connectivity index is 2.93. The molecule has 4 nitrogen and oxygen atoms in total. The molecule has 0 aliphatic rings. The van der Waals surface area contributed by atoms with Gasteiger partial charge in [-0.05, 0) is 25.1 Å². The fourth-order valence-electron chi connectivity index (χ4n) is 1.45. The Bertz CT molecular complexity index is 448. The first kappa shape index (κ1) is 13.0. The van der Waals surface area contributed by atoms with Crippen molar-refractivity contribution in [2.45, 2.75) is 13.3 Å². The molecule has 0 aliphatic carbocycles. The van der Waals surface area contributed by atoms with Gasteiger partial charge in [0.2, 0.25) is 0 Å². The van der Waals surface area contributed by atoms with E-state index in [-0.39, 0.29) is 18.1 Å². The summed E-state index contributed by atoms with van der Waals surface area (Å²) in [4.78, 5) is 11.8. The Hall–Kier alpha value is -2.02. The quantitative estimate of drug-likeness (QED) is 0.733. The van der Waals surface area contributed by atoms with Gasteiger partial charge in [0.05, 0.1) is 26.2 Å². The van der Waals surface area contributed by atoms with Crippen LogP contribution in [0.15, 0.2) is 18.2 Å². The molecule has 0 saturated carbocycles. The van der Waals surface area contributed by atoms with Crippen LogP contribution >= 0.6 is 0 Å². The Morgan fingerprint density at radius 2 is 2.00 bits per heavy atom. The van der Waals surface area contributed by atoms with Gasteiger partial charge in [0.15, 0.2) is 17.3 Å². The molecular formula is C13H15NO3. The first-order chi connectivity index (χ1) is 8.12. The maximum atomic E-state index is 11.8. The van der Waals surface area contributed by atoms with Gasteiger partial charge >= 0.3 is 0 Å². The SMILES string of the molecule is COc1ccc(C(=O)CC(C)C#N)cc1OC. The molecule has 4 heteroatoms. The van der Waals surface area contributed by atoms with Gasteiger partial charge in [-0.15, -0.1) is 0 Å². The highest BCUT2D eigenvalue weighted by Gasteiger charge is 2.13. The van der Waals surface area contributed by atoms with Gasteiger partial charge in [0, 0.05) is 12.0 Å². The summed E-state index contributed by atoms with van der Waals surface area (Å²) in [5.74, 6) is 0.746. The van der Waals surface area contributed by atoms with Crippen molar-refractivity contribution in [2.75, 3.05) is 14.2 Å². The number of carbonyl (C=O) groups is 1. The van der Waals surface area contributed by atoms with E-state index in [1.165, 1.54) is 14.2 Å². The monoisotopic (exact) mass is 233 g/mol. The normalized spacial score (nSPS) is 11.4. The van der Waals surface area contributed by atoms with Crippen molar-refractivity contribution in [3.63, 3.8) is 0 Å². The highest BCUT2D eigenvalue weighted by molar-refractivity contribution is 5.97. The average molecular weight is 233 g/mol. The summed E-state index contributed by atoms with van der Waals surface area (Å²) in [6.07, 6.45) is 0.214. The maximum absolute atomic E-state index is 11.8. The lowest BCUT2D eigenvalue weighted by Gasteiger charge is -2.09. The number of hydrogen-bond donors (Lipinski definition) is 0. The third kappa shape index (κ3) is 3.22. The van der Waals surface area contributed by atoms with Crippen molar-refractivity contribution in [3.05, 3.63) is 23.8 Å². The lowest BCUT2D eigenvalue weighted by Crippen LogP contribution is -2.05. The van der Waals surface area contributed by atoms with E-state index in [0.717, 1.165) is 0 Å². The minimum atomic E-state index is -0.282. The number of rotatable bonds is 5. The van der Waals surface area contributed by atoms with E-state index < -0.39 is 0 Å². The minimum absolute atomic E-state index is 0.0694. The molecule has 1 rings (SSSR count). The fraction of sp³-hybridized carbons (Fsp3) is 0.385. The second kappa shape index (κ2) is 5.90. The highest BCUT2D eigenvalue weighted by Crippen LogP contribution is 2.28. The Morgan fingerprint density at radius 1 is 1.35 bits per heavy atom. The van der Waals surface area contributed by atoms with E-state index in [2.05, 4.69) is 0 Å². The molecule has 1 aromatic rings. The van der Waals surface area contributed by atoms with E-state index in [1.54, 1.807) is 25.1 Å². The van der Waals surface area contributed by atoms with Gasteiger partial charge < -0.3 is 9.47 Å². The molecule has 1 aromatic carbocycles. The van der Waals surface area contributed by atoms with Crippen molar-refractivity contribution >= 4 is 5.78 Å². The number of nitrogens with zero attached hydrogens (tertiary/aromatic N) is 1. The Labute approximate surface area is 101 Å². The molecule has 1 atom stereocenters. The molecule has 1 unspecified atom stereocenters. The van der Waals surface area contributed by atoms with Crippen LogP contribution in [0.1, 0.15) is 23.7 Å². The molecule has 0 saturated heterocycles. The summed E-state index contributed by atoms with van der Waals surface area (Å²) in [5, 5.41) is 8.67. The predicted molar refractivity (Wildman–Crippen MR) is 63.3 cm³/mol. The van der Waals surface area contributed by atoms with Crippen LogP contribution in [0.4, 0.5) is 0 Å². The lowest BCUT2D eigenvalue weighted by atomic mass is 10.0. The summed E-state index contributed by atoms with van der Waals surface area (Å²) < 4.78 is 10.2. The molecular weight excluding hydrogens is 218 g/mol. The highest BCUT2D eigenvalue weighted by atomic mass is 16.5. The van der Waals surface area contributed by atoms with Gasteiger partial charge in [-0.1, -0.05) is 0 Å². The standard InChI is InChI=1S/C13H15NO3/c1-9(8-14)6-11(15)10-4-5-12(16-2)13(7-10)17-3/h4-5,7,9H,6H2,1-3H3. The van der Waals surface area contributed by atoms with Gasteiger partial charge in [0.1, 0.15) is 0 Å². The summed E-state index contributed by atoms with van der Waals surface area (Å²) in [6.45, 7) is 1.72. The number of ketones is 1. The molecule has 0 spiro atoms. The van der Waals surface area contributed by atoms with Crippen molar-refractivity contribution < 1.29 is 14.3 Å². The number of Topliss-reactive ketones (excluding diaryl/α,β-unsaturated/α-hetero) is 1. The number of methoxy groups -OCH3 is 2. The molecule has 90 valence electrons. The fourth-order valence-corrected chi connectivity index (χ4v) is 1.45. The first-order valence-electron chi connectivity index (χ1n) is 5.27. The van der Waals surface area contributed by atoms with Gasteiger partial charge in [0.25, 0.3) is 0 Å². The average Bonchev–Trinajstić information content (AvgIpc) is 2.37. The summed E-state index contributed by atoms with van der Waals surface area (Å²) >= 11 is 0. The summed E-state index contributed by atoms with van der Waals surface area (Å²) in [7, 11) is 3.06. The number of nitriles is 1. The largest absolute Gasteiger partial charge is 0.493 e. The second-order valence-corrected chi connectivity index (χ2v) is 3.73. The predicted octanol–water partition coefficient (Wildman–Crippen LogP) is 2.44. The second-order valence-electron chi connectivity index (χ2n) is 3.73. The first-order valence-corrected chi connectivity index (χ1v) is 5.27. The zero-order valence-corrected chi connectivity index (χ0v) is 10.2. The number of hydrogen-bond acceptors (Lipinski definition) is 4. The van der Waals surface area contributed by atoms with Crippen LogP contribution in [0.3, 0.4) is 0 Å². The van der Waals surface area contributed by atoms with Gasteiger partial charge in [-0.3, -0.25) is 4.79 Å². The number of benzene rings is 1. The van der Waals surface area contributed by atoms with Crippen molar-refractivity contribution in [2.24, 2.45) is 5.92 Å². The van der Waals surface area contributed by atoms with Crippen LogP contribution < -0.4 is 9.47 Å². The number of ether oxygens (including phenoxy) is 2. The zero-order chi connectivity index (χ0) is 12.8. The van der Waals surface area contributed by atoms with Crippen LogP contribution in [0.25, 0.3) is 0 Å². The Morgan fingerprint density at radius 3 is 2.53 bits per heavy atom. The molecule has 0 N–H and O–H groups in total. The van der Waals surface area contributed by atoms with Crippen LogP contribution in [-0.4, -0.2) is 20.0 Å². The van der Waals surface area contributed by atoms with Crippen LogP contribution in [0.2, 0.25) is 0 Å². The van der Waals surface area contributed by atoms with Crippen molar-refractivity contribution in [1.29, 1.82) is 5.26 Å². The molecule has 0 aliphatic heterocycles. The maximum Gasteiger partial charge on any atom is 0.164 e. The smallest absolute Gasteiger partial charge is 0.164 e. The third-order valence-corrected chi connectivity index (χ3v) is 2.42. The van der Waals surface area contributed by atoms with Crippen molar-refractivity contribution in [3.8, 4) is 17.6 Å². The molecule has 17 heavy (non-hydrogen) atoms. The molecule has 0 heterocycles. The van der Waals surface area contributed by atoms with Crippen molar-refractivity contribution in [1.82, 2.24) is 0 Å². The minimum Gasteiger partial charge on any atom is -0.493 e. The molecule has 0 amide bonds. The summed E-state index contributed by atoms with van der Waals surface area (Å²) in [5.41, 5.74) is 0.532. The van der Waals surface area contributed by atoms with Gasteiger partial charge in [-0.25, -0.2) is 0 Å². The molecule has 0 radical (unpaired) electrons. The third-order valence-electron chi connectivity index (χ3n) is 2.42.